The lowest BCUT2D eigenvalue weighted by molar-refractivity contribution is -0.309. The van der Waals surface area contributed by atoms with Crippen LogP contribution in [0.15, 0.2) is 0 Å². The summed E-state index contributed by atoms with van der Waals surface area (Å²) < 4.78 is 34.9. The summed E-state index contributed by atoms with van der Waals surface area (Å²) in [6, 6.07) is 0. The van der Waals surface area contributed by atoms with Crippen LogP contribution in [-0.4, -0.2) is 86.3 Å². The van der Waals surface area contributed by atoms with Gasteiger partial charge < -0.3 is 30.6 Å². The van der Waals surface area contributed by atoms with Crippen LogP contribution in [0.5, 0.6) is 0 Å². The third-order valence-corrected chi connectivity index (χ3v) is 11.9. The molecule has 0 saturated heterocycles. The molecule has 38 heavy (non-hydrogen) atoms. The molecule has 1 unspecified atom stereocenters. The van der Waals surface area contributed by atoms with E-state index in [-0.39, 0.29) is 36.2 Å². The molecule has 0 aromatic rings. The molecule has 0 radical (unpaired) electrons. The maximum atomic E-state index is 12.4. The van der Waals surface area contributed by atoms with Crippen molar-refractivity contribution < 1.29 is 47.8 Å². The summed E-state index contributed by atoms with van der Waals surface area (Å²) in [6.07, 6.45) is -0.846. The normalized spacial score (nSPS) is 50.6. The van der Waals surface area contributed by atoms with E-state index in [9.17, 15) is 39.1 Å². The van der Waals surface area contributed by atoms with Crippen molar-refractivity contribution in [3.05, 3.63) is 0 Å². The Balaban J connectivity index is 1.54. The molecule has 4 aliphatic carbocycles. The highest BCUT2D eigenvalue weighted by Crippen LogP contribution is 2.69. The van der Waals surface area contributed by atoms with Gasteiger partial charge in [-0.3, -0.25) is 4.55 Å². The Morgan fingerprint density at radius 2 is 1.55 bits per heavy atom. The van der Waals surface area contributed by atoms with Gasteiger partial charge in [-0.1, -0.05) is 40.5 Å². The lowest BCUT2D eigenvalue weighted by atomic mass is 9.41. The topological polar surface area (TPSA) is 185 Å². The Bertz CT molecular complexity index is 962. The molecule has 0 bridgehead atoms. The number of fused-ring (bicyclic) bond motifs is 5. The first-order valence-corrected chi connectivity index (χ1v) is 15.6. The first kappa shape index (κ1) is 30.6. The smallest absolute Gasteiger partial charge is 0.393 e. The predicted molar refractivity (Wildman–Crippen MR) is 138 cm³/mol. The summed E-state index contributed by atoms with van der Waals surface area (Å²) in [5.74, 6) is -2.07. The molecule has 7 N–H and O–H groups in total. The number of hydrogen-bond donors (Lipinski definition) is 7. The van der Waals surface area contributed by atoms with Crippen LogP contribution < -0.4 is 0 Å². The fourth-order valence-corrected chi connectivity index (χ4v) is 10.1. The summed E-state index contributed by atoms with van der Waals surface area (Å²) in [5.41, 5.74) is -2.97. The van der Waals surface area contributed by atoms with Crippen LogP contribution in [0.3, 0.4) is 0 Å². The number of aliphatic hydroxyl groups is 6. The standard InChI is InChI=1S/C27H48O10S/c1-14(13-37-38(34,35)36)6-5-7-15(2)19-21(30)22(31)23-26(19,4)11-9-18-25(3)10-8-16(28)12-17(25)20(29)24(32)27(18,23)33/h14-24,28-33H,5-13H2,1-4H3,(H,34,35,36)/t14?,15-,16+,17-,18-,19+,20-,21-,22+,23-,24-,25+,26-,27+/m1/s1. The van der Waals surface area contributed by atoms with Crippen LogP contribution in [0.1, 0.15) is 79.1 Å². The minimum atomic E-state index is -4.48. The quantitative estimate of drug-likeness (QED) is 0.212. The number of rotatable bonds is 8. The van der Waals surface area contributed by atoms with E-state index in [2.05, 4.69) is 4.18 Å². The second-order valence-corrected chi connectivity index (χ2v) is 14.8. The van der Waals surface area contributed by atoms with Gasteiger partial charge >= 0.3 is 10.4 Å². The van der Waals surface area contributed by atoms with Crippen molar-refractivity contribution in [2.24, 2.45) is 46.3 Å². The highest BCUT2D eigenvalue weighted by atomic mass is 32.3. The summed E-state index contributed by atoms with van der Waals surface area (Å²) in [7, 11) is -4.48. The first-order chi connectivity index (χ1) is 17.5. The minimum absolute atomic E-state index is 0.0386. The van der Waals surface area contributed by atoms with Gasteiger partial charge in [-0.05, 0) is 78.9 Å². The SMILES string of the molecule is CC(CCC[C@@H](C)[C@H]1[C@@H](O)[C@H](O)[C@@H]2[C@]1(C)CC[C@@H]1[C@@]3(C)CC[C@H](O)C[C@@H]3[C@@H](O)[C@@H](O)[C@]12O)COS(=O)(=O)O. The Morgan fingerprint density at radius 3 is 2.18 bits per heavy atom. The molecule has 222 valence electrons. The summed E-state index contributed by atoms with van der Waals surface area (Å²) in [6.45, 7) is 7.72. The van der Waals surface area contributed by atoms with Crippen molar-refractivity contribution in [1.82, 2.24) is 0 Å². The molecule has 0 aromatic carbocycles. The molecule has 0 aliphatic heterocycles. The van der Waals surface area contributed by atoms with Crippen LogP contribution in [0.2, 0.25) is 0 Å². The molecule has 4 saturated carbocycles. The number of aliphatic hydroxyl groups excluding tert-OH is 5. The highest BCUT2D eigenvalue weighted by Gasteiger charge is 2.75. The molecule has 11 heteroatoms. The van der Waals surface area contributed by atoms with Gasteiger partial charge in [0.05, 0.1) is 31.0 Å². The van der Waals surface area contributed by atoms with E-state index in [4.69, 9.17) is 4.55 Å². The molecule has 0 spiro atoms. The molecule has 4 fully saturated rings. The molecule has 14 atom stereocenters. The fourth-order valence-electron chi connectivity index (χ4n) is 9.71. The maximum Gasteiger partial charge on any atom is 0.397 e. The van der Waals surface area contributed by atoms with Gasteiger partial charge in [0.15, 0.2) is 0 Å². The Labute approximate surface area is 226 Å². The van der Waals surface area contributed by atoms with Gasteiger partial charge in [0.25, 0.3) is 0 Å². The van der Waals surface area contributed by atoms with E-state index in [0.29, 0.717) is 51.4 Å². The van der Waals surface area contributed by atoms with E-state index in [1.807, 2.05) is 27.7 Å². The fraction of sp³-hybridized carbons (Fsp3) is 1.00. The van der Waals surface area contributed by atoms with E-state index in [1.54, 1.807) is 0 Å². The molecule has 10 nitrogen and oxygen atoms in total. The Hall–Kier alpha value is -0.370. The maximum absolute atomic E-state index is 12.4. The zero-order valence-electron chi connectivity index (χ0n) is 23.0. The molecule has 4 rings (SSSR count). The van der Waals surface area contributed by atoms with E-state index in [1.165, 1.54) is 0 Å². The number of hydrogen-bond acceptors (Lipinski definition) is 9. The van der Waals surface area contributed by atoms with Crippen LogP contribution in [0.25, 0.3) is 0 Å². The summed E-state index contributed by atoms with van der Waals surface area (Å²) in [5, 5.41) is 68.1. The zero-order chi connectivity index (χ0) is 28.4. The lowest BCUT2D eigenvalue weighted by Gasteiger charge is -2.67. The van der Waals surface area contributed by atoms with Crippen LogP contribution in [-0.2, 0) is 14.6 Å². The molecule has 0 heterocycles. The van der Waals surface area contributed by atoms with Crippen LogP contribution in [0.4, 0.5) is 0 Å². The van der Waals surface area contributed by atoms with E-state index >= 15 is 0 Å². The van der Waals surface area contributed by atoms with Gasteiger partial charge in [0.2, 0.25) is 0 Å². The van der Waals surface area contributed by atoms with Crippen molar-refractivity contribution in [2.45, 2.75) is 115 Å². The van der Waals surface area contributed by atoms with Crippen molar-refractivity contribution >= 4 is 10.4 Å². The molecule has 4 aliphatic rings. The largest absolute Gasteiger partial charge is 0.397 e. The third kappa shape index (κ3) is 4.87. The van der Waals surface area contributed by atoms with Gasteiger partial charge in [-0.15, -0.1) is 0 Å². The lowest BCUT2D eigenvalue weighted by Crippen LogP contribution is -2.75. The van der Waals surface area contributed by atoms with Gasteiger partial charge in [-0.25, -0.2) is 4.18 Å². The second-order valence-electron chi connectivity index (χ2n) is 13.7. The van der Waals surface area contributed by atoms with Crippen molar-refractivity contribution in [3.63, 3.8) is 0 Å². The molecular weight excluding hydrogens is 516 g/mol. The summed E-state index contributed by atoms with van der Waals surface area (Å²) >= 11 is 0. The van der Waals surface area contributed by atoms with Gasteiger partial charge in [0, 0.05) is 5.92 Å². The minimum Gasteiger partial charge on any atom is -0.393 e. The van der Waals surface area contributed by atoms with Crippen molar-refractivity contribution in [2.75, 3.05) is 6.61 Å². The molecule has 0 aromatic heterocycles. The average Bonchev–Trinajstić information content (AvgIpc) is 3.03. The van der Waals surface area contributed by atoms with E-state index in [0.717, 1.165) is 0 Å². The average molecular weight is 565 g/mol. The Morgan fingerprint density at radius 1 is 0.921 bits per heavy atom. The molecular formula is C27H48O10S. The van der Waals surface area contributed by atoms with Gasteiger partial charge in [0.1, 0.15) is 11.7 Å². The van der Waals surface area contributed by atoms with Crippen molar-refractivity contribution in [3.8, 4) is 0 Å². The van der Waals surface area contributed by atoms with Gasteiger partial charge in [-0.2, -0.15) is 8.42 Å². The predicted octanol–water partition coefficient (Wildman–Crippen LogP) is 1.27. The third-order valence-electron chi connectivity index (χ3n) is 11.4. The second kappa shape index (κ2) is 10.5. The monoisotopic (exact) mass is 564 g/mol. The van der Waals surface area contributed by atoms with E-state index < -0.39 is 63.3 Å². The Kier molecular flexibility index (Phi) is 8.43. The molecule has 0 amide bonds. The zero-order valence-corrected chi connectivity index (χ0v) is 23.8. The summed E-state index contributed by atoms with van der Waals surface area (Å²) in [4.78, 5) is 0. The van der Waals surface area contributed by atoms with Crippen LogP contribution >= 0.6 is 0 Å². The highest BCUT2D eigenvalue weighted by molar-refractivity contribution is 7.80. The van der Waals surface area contributed by atoms with Crippen LogP contribution in [0, 0.1) is 46.3 Å². The first-order valence-electron chi connectivity index (χ1n) is 14.2. The van der Waals surface area contributed by atoms with Crippen molar-refractivity contribution in [1.29, 1.82) is 0 Å².